The minimum Gasteiger partial charge on any atom is -0.488 e. The van der Waals surface area contributed by atoms with E-state index >= 15 is 0 Å². The molecule has 0 aromatic heterocycles. The molecule has 1 aliphatic heterocycles. The number of carboxylic acids is 1. The molecule has 0 atom stereocenters. The normalized spacial score (nSPS) is 19.3. The van der Waals surface area contributed by atoms with Crippen LogP contribution in [0.1, 0.15) is 36.9 Å². The van der Waals surface area contributed by atoms with Crippen molar-refractivity contribution in [3.8, 4) is 5.75 Å². The Morgan fingerprint density at radius 2 is 2.20 bits per heavy atom. The van der Waals surface area contributed by atoms with Crippen molar-refractivity contribution in [1.82, 2.24) is 5.32 Å². The standard InChI is InChI=1S/C20H21NO3.ClH/c1-21-10-4-7-17-16-6-3-2-5-15(16)13-24-19-9-8-14(11-18(17)19)12-20(22)23;/h2-3,5-9,11,21H,4,10,12-13H2,1H3,(H,22,23);1H/b17-7-;/i2D,3D,5D,6D,13D2;. The van der Waals surface area contributed by atoms with Gasteiger partial charge in [-0.25, -0.2) is 0 Å². The van der Waals surface area contributed by atoms with Gasteiger partial charge in [-0.05, 0) is 54.4 Å². The third-order valence-electron chi connectivity index (χ3n) is 3.65. The predicted octanol–water partition coefficient (Wildman–Crippen LogP) is 3.67. The minimum atomic E-state index is -2.52. The van der Waals surface area contributed by atoms with Crippen molar-refractivity contribution in [3.63, 3.8) is 0 Å². The monoisotopic (exact) mass is 365 g/mol. The number of aliphatic carboxylic acids is 1. The number of ether oxygens (including phenoxy) is 1. The Bertz CT molecular complexity index is 1060. The highest BCUT2D eigenvalue weighted by atomic mass is 35.5. The molecule has 25 heavy (non-hydrogen) atoms. The SMILES string of the molecule is Cl.[2H]c1c([2H])c([2H])c2c(c1[2H])/C(=C/CCNC)c1cc(CC(=O)O)ccc1OC2([2H])[2H]. The number of fused-ring (bicyclic) bond motifs is 2. The Hall–Kier alpha value is -2.30. The minimum absolute atomic E-state index is 0. The molecule has 0 fully saturated rings. The maximum absolute atomic E-state index is 11.2. The zero-order valence-corrected chi connectivity index (χ0v) is 14.4. The van der Waals surface area contributed by atoms with E-state index in [9.17, 15) is 4.79 Å². The number of hydrogen-bond donors (Lipinski definition) is 2. The predicted molar refractivity (Wildman–Crippen MR) is 101 cm³/mol. The Balaban J connectivity index is 0.00000341. The summed E-state index contributed by atoms with van der Waals surface area (Å²) in [6.45, 7) is -1.94. The van der Waals surface area contributed by atoms with Gasteiger partial charge in [-0.15, -0.1) is 12.4 Å². The molecule has 0 radical (unpaired) electrons. The second-order valence-corrected chi connectivity index (χ2v) is 5.37. The molecule has 0 spiro atoms. The van der Waals surface area contributed by atoms with Crippen molar-refractivity contribution in [2.75, 3.05) is 13.6 Å². The van der Waals surface area contributed by atoms with Gasteiger partial charge >= 0.3 is 5.97 Å². The topological polar surface area (TPSA) is 58.6 Å². The van der Waals surface area contributed by atoms with E-state index in [4.69, 9.17) is 18.1 Å². The van der Waals surface area contributed by atoms with Crippen LogP contribution in [0.2, 0.25) is 0 Å². The molecular formula is C20H22ClNO3. The lowest BCUT2D eigenvalue weighted by Crippen LogP contribution is -2.06. The highest BCUT2D eigenvalue weighted by molar-refractivity contribution is 5.86. The van der Waals surface area contributed by atoms with Crippen LogP contribution in [-0.4, -0.2) is 24.7 Å². The number of rotatable bonds is 5. The lowest BCUT2D eigenvalue weighted by atomic mass is 9.92. The first-order chi connectivity index (χ1) is 14.1. The van der Waals surface area contributed by atoms with Crippen LogP contribution in [0.3, 0.4) is 0 Å². The van der Waals surface area contributed by atoms with E-state index in [-0.39, 0.29) is 41.7 Å². The fraction of sp³-hybridized carbons (Fsp3) is 0.250. The summed E-state index contributed by atoms with van der Waals surface area (Å²) < 4.78 is 55.2. The molecular weight excluding hydrogens is 338 g/mol. The van der Waals surface area contributed by atoms with Gasteiger partial charge in [-0.3, -0.25) is 4.79 Å². The van der Waals surface area contributed by atoms with Crippen LogP contribution in [0.15, 0.2) is 48.4 Å². The lowest BCUT2D eigenvalue weighted by Gasteiger charge is -2.12. The van der Waals surface area contributed by atoms with Gasteiger partial charge in [0.1, 0.15) is 12.3 Å². The fourth-order valence-corrected chi connectivity index (χ4v) is 2.57. The van der Waals surface area contributed by atoms with Gasteiger partial charge in [0.05, 0.1) is 14.6 Å². The highest BCUT2D eigenvalue weighted by Crippen LogP contribution is 2.37. The first kappa shape index (κ1) is 12.1. The summed E-state index contributed by atoms with van der Waals surface area (Å²) in [6, 6.07) is 2.68. The maximum Gasteiger partial charge on any atom is 0.307 e. The molecule has 0 unspecified atom stereocenters. The van der Waals surface area contributed by atoms with E-state index in [0.29, 0.717) is 29.7 Å². The summed E-state index contributed by atoms with van der Waals surface area (Å²) in [5.74, 6) is -0.888. The van der Waals surface area contributed by atoms with Crippen molar-refractivity contribution >= 4 is 23.9 Å². The Morgan fingerprint density at radius 3 is 2.96 bits per heavy atom. The van der Waals surface area contributed by atoms with Crippen LogP contribution < -0.4 is 10.1 Å². The average molecular weight is 366 g/mol. The number of nitrogens with one attached hydrogen (secondary N) is 1. The molecule has 132 valence electrons. The highest BCUT2D eigenvalue weighted by Gasteiger charge is 2.19. The number of halogens is 1. The van der Waals surface area contributed by atoms with Crippen molar-refractivity contribution in [3.05, 3.63) is 70.7 Å². The number of benzene rings is 2. The molecule has 1 aliphatic rings. The van der Waals surface area contributed by atoms with Crippen molar-refractivity contribution in [2.24, 2.45) is 0 Å². The zero-order valence-electron chi connectivity index (χ0n) is 19.6. The molecule has 0 aliphatic carbocycles. The Kier molecular flexibility index (Phi) is 4.21. The largest absolute Gasteiger partial charge is 0.488 e. The Morgan fingerprint density at radius 1 is 1.40 bits per heavy atom. The van der Waals surface area contributed by atoms with Crippen LogP contribution in [0.5, 0.6) is 5.75 Å². The van der Waals surface area contributed by atoms with Crippen molar-refractivity contribution in [2.45, 2.75) is 19.4 Å². The summed E-state index contributed by atoms with van der Waals surface area (Å²) in [6.07, 6.45) is 2.01. The summed E-state index contributed by atoms with van der Waals surface area (Å²) in [4.78, 5) is 11.2. The van der Waals surface area contributed by atoms with E-state index in [2.05, 4.69) is 5.32 Å². The molecule has 0 amide bonds. The number of carboxylic acid groups (broad SMARTS) is 1. The first-order valence-electron chi connectivity index (χ1n) is 10.6. The molecule has 5 heteroatoms. The maximum atomic E-state index is 11.2. The average Bonchev–Trinajstić information content (AvgIpc) is 2.76. The molecule has 0 bridgehead atoms. The van der Waals surface area contributed by atoms with Crippen LogP contribution in [0.25, 0.3) is 5.57 Å². The van der Waals surface area contributed by atoms with Crippen LogP contribution >= 0.6 is 12.4 Å². The molecule has 4 nitrogen and oxygen atoms in total. The zero-order chi connectivity index (χ0) is 22.2. The van der Waals surface area contributed by atoms with Crippen LogP contribution in [-0.2, 0) is 17.8 Å². The van der Waals surface area contributed by atoms with Gasteiger partial charge < -0.3 is 15.2 Å². The van der Waals surface area contributed by atoms with Gasteiger partial charge in [0, 0.05) is 5.56 Å². The van der Waals surface area contributed by atoms with Crippen LogP contribution in [0, 0.1) is 0 Å². The molecule has 2 aromatic rings. The van der Waals surface area contributed by atoms with Gasteiger partial charge in [0.15, 0.2) is 0 Å². The van der Waals surface area contributed by atoms with Gasteiger partial charge in [-0.2, -0.15) is 0 Å². The van der Waals surface area contributed by atoms with E-state index < -0.39 is 30.7 Å². The third kappa shape index (κ3) is 4.41. The molecule has 2 N–H and O–H groups in total. The first-order valence-corrected chi connectivity index (χ1v) is 7.58. The summed E-state index contributed by atoms with van der Waals surface area (Å²) in [5.41, 5.74) is 0.983. The van der Waals surface area contributed by atoms with E-state index in [0.717, 1.165) is 0 Å². The molecule has 1 heterocycles. The smallest absolute Gasteiger partial charge is 0.307 e. The summed E-state index contributed by atoms with van der Waals surface area (Å²) in [5, 5.41) is 12.1. The quantitative estimate of drug-likeness (QED) is 0.794. The molecule has 0 saturated carbocycles. The molecule has 2 aromatic carbocycles. The van der Waals surface area contributed by atoms with E-state index in [1.54, 1.807) is 19.2 Å². The second kappa shape index (κ2) is 8.70. The summed E-state index contributed by atoms with van der Waals surface area (Å²) >= 11 is 0. The van der Waals surface area contributed by atoms with E-state index in [1.807, 2.05) is 0 Å². The van der Waals surface area contributed by atoms with Gasteiger partial charge in [0.2, 0.25) is 0 Å². The Labute approximate surface area is 162 Å². The third-order valence-corrected chi connectivity index (χ3v) is 3.65. The lowest BCUT2D eigenvalue weighted by molar-refractivity contribution is -0.136. The van der Waals surface area contributed by atoms with Crippen LogP contribution in [0.4, 0.5) is 0 Å². The van der Waals surface area contributed by atoms with Gasteiger partial charge in [0.25, 0.3) is 0 Å². The fourth-order valence-electron chi connectivity index (χ4n) is 2.57. The number of hydrogen-bond acceptors (Lipinski definition) is 3. The van der Waals surface area contributed by atoms with E-state index in [1.165, 1.54) is 12.1 Å². The van der Waals surface area contributed by atoms with Crippen molar-refractivity contribution in [1.29, 1.82) is 0 Å². The number of carbonyl (C=O) groups is 1. The van der Waals surface area contributed by atoms with Gasteiger partial charge in [-0.1, -0.05) is 36.3 Å². The summed E-state index contributed by atoms with van der Waals surface area (Å²) in [7, 11) is 1.77. The molecule has 0 saturated heterocycles. The molecule has 3 rings (SSSR count). The van der Waals surface area contributed by atoms with Crippen molar-refractivity contribution < 1.29 is 22.9 Å². The second-order valence-electron chi connectivity index (χ2n) is 5.37.